The van der Waals surface area contributed by atoms with E-state index in [1.54, 1.807) is 13.3 Å². The number of nitrogens with one attached hydrogen (secondary N) is 1. The van der Waals surface area contributed by atoms with Gasteiger partial charge in [0, 0.05) is 0 Å². The van der Waals surface area contributed by atoms with E-state index in [9.17, 15) is 4.79 Å². The molecule has 4 bridgehead atoms. The molecule has 4 saturated carbocycles. The van der Waals surface area contributed by atoms with Gasteiger partial charge in [-0.1, -0.05) is 13.8 Å². The van der Waals surface area contributed by atoms with E-state index < -0.39 is 0 Å². The monoisotopic (exact) mass is 384 g/mol. The van der Waals surface area contributed by atoms with Crippen LogP contribution in [0.5, 0.6) is 11.5 Å². The molecular formula is C23H32N2O3. The molecule has 4 aliphatic rings. The Morgan fingerprint density at radius 1 is 1.18 bits per heavy atom. The van der Waals surface area contributed by atoms with E-state index in [-0.39, 0.29) is 11.3 Å². The number of hydrogen-bond acceptors (Lipinski definition) is 4. The van der Waals surface area contributed by atoms with Crippen molar-refractivity contribution in [2.45, 2.75) is 59.3 Å². The number of carbonyl (C=O) groups is 1. The Labute approximate surface area is 167 Å². The first kappa shape index (κ1) is 19.3. The van der Waals surface area contributed by atoms with Gasteiger partial charge < -0.3 is 9.47 Å². The molecule has 152 valence electrons. The molecule has 5 rings (SSSR count). The first-order valence-corrected chi connectivity index (χ1v) is 10.4. The molecule has 1 amide bonds. The highest BCUT2D eigenvalue weighted by Crippen LogP contribution is 2.69. The van der Waals surface area contributed by atoms with Crippen molar-refractivity contribution < 1.29 is 14.3 Å². The Morgan fingerprint density at radius 2 is 1.89 bits per heavy atom. The highest BCUT2D eigenvalue weighted by Gasteiger charge is 2.62. The highest BCUT2D eigenvalue weighted by molar-refractivity contribution is 5.86. The number of ether oxygens (including phenoxy) is 2. The first-order valence-electron chi connectivity index (χ1n) is 10.4. The van der Waals surface area contributed by atoms with Gasteiger partial charge in [0.25, 0.3) is 0 Å². The van der Waals surface area contributed by atoms with Gasteiger partial charge >= 0.3 is 0 Å². The van der Waals surface area contributed by atoms with Crippen LogP contribution in [0.3, 0.4) is 0 Å². The van der Waals surface area contributed by atoms with E-state index in [0.717, 1.165) is 24.8 Å². The van der Waals surface area contributed by atoms with Crippen molar-refractivity contribution in [2.24, 2.45) is 27.3 Å². The summed E-state index contributed by atoms with van der Waals surface area (Å²) in [6.45, 7) is 7.29. The summed E-state index contributed by atoms with van der Waals surface area (Å²) in [5.74, 6) is 2.17. The molecule has 1 aromatic rings. The zero-order valence-electron chi connectivity index (χ0n) is 17.5. The van der Waals surface area contributed by atoms with Crippen molar-refractivity contribution in [1.29, 1.82) is 0 Å². The lowest BCUT2D eigenvalue weighted by molar-refractivity contribution is -0.170. The van der Waals surface area contributed by atoms with Gasteiger partial charge in [-0.05, 0) is 86.0 Å². The normalized spacial score (nSPS) is 35.9. The molecule has 2 atom stereocenters. The van der Waals surface area contributed by atoms with Crippen molar-refractivity contribution in [3.8, 4) is 11.5 Å². The molecule has 28 heavy (non-hydrogen) atoms. The predicted octanol–water partition coefficient (Wildman–Crippen LogP) is 4.54. The fourth-order valence-corrected chi connectivity index (χ4v) is 7.02. The molecule has 2 unspecified atom stereocenters. The van der Waals surface area contributed by atoms with Crippen molar-refractivity contribution in [3.05, 3.63) is 23.8 Å². The molecule has 4 aliphatic carbocycles. The zero-order chi connectivity index (χ0) is 20.0. The minimum atomic E-state index is -0.239. The second-order valence-corrected chi connectivity index (χ2v) is 9.95. The van der Waals surface area contributed by atoms with Crippen LogP contribution in [0.25, 0.3) is 0 Å². The van der Waals surface area contributed by atoms with Crippen molar-refractivity contribution in [3.63, 3.8) is 0 Å². The molecule has 0 saturated heterocycles. The molecule has 0 aliphatic heterocycles. The van der Waals surface area contributed by atoms with E-state index in [4.69, 9.17) is 9.47 Å². The van der Waals surface area contributed by atoms with Crippen LogP contribution in [-0.2, 0) is 4.79 Å². The third kappa shape index (κ3) is 3.40. The predicted molar refractivity (Wildman–Crippen MR) is 110 cm³/mol. The molecule has 4 fully saturated rings. The molecular weight excluding hydrogens is 352 g/mol. The Morgan fingerprint density at radius 3 is 2.50 bits per heavy atom. The number of rotatable bonds is 6. The summed E-state index contributed by atoms with van der Waals surface area (Å²) in [5, 5.41) is 4.27. The van der Waals surface area contributed by atoms with Crippen LogP contribution in [0.2, 0.25) is 0 Å². The molecule has 1 aromatic carbocycles. The minimum absolute atomic E-state index is 0.100. The molecule has 0 spiro atoms. The van der Waals surface area contributed by atoms with Gasteiger partial charge in [-0.15, -0.1) is 0 Å². The van der Waals surface area contributed by atoms with E-state index in [1.807, 2.05) is 25.1 Å². The average molecular weight is 385 g/mol. The molecule has 5 heteroatoms. The number of nitrogens with zero attached hydrogens (tertiary/aromatic N) is 1. The Bertz CT molecular complexity index is 785. The summed E-state index contributed by atoms with van der Waals surface area (Å²) < 4.78 is 10.9. The zero-order valence-corrected chi connectivity index (χ0v) is 17.5. The summed E-state index contributed by atoms with van der Waals surface area (Å²) in [5.41, 5.74) is 4.12. The maximum Gasteiger partial charge on any atom is 0.246 e. The lowest BCUT2D eigenvalue weighted by atomic mass is 9.40. The van der Waals surface area contributed by atoms with Crippen molar-refractivity contribution >= 4 is 12.1 Å². The number of hydrazone groups is 1. The molecule has 5 nitrogen and oxygen atoms in total. The standard InChI is InChI=1S/C23H32N2O3/c1-5-28-18-7-6-16(8-19(18)27-4)12-24-25-20(26)23-11-17-9-21(2,14-23)13-22(3,10-17)15-23/h6-8,12,17H,5,9-11,13-15H2,1-4H3,(H,25,26)/b24-12+. The van der Waals surface area contributed by atoms with Gasteiger partial charge in [0.15, 0.2) is 11.5 Å². The lowest BCUT2D eigenvalue weighted by Gasteiger charge is -2.64. The van der Waals surface area contributed by atoms with Gasteiger partial charge in [-0.25, -0.2) is 5.43 Å². The number of amides is 1. The van der Waals surface area contributed by atoms with Crippen molar-refractivity contribution in [2.75, 3.05) is 13.7 Å². The van der Waals surface area contributed by atoms with Gasteiger partial charge in [-0.3, -0.25) is 4.79 Å². The lowest BCUT2D eigenvalue weighted by Crippen LogP contribution is -2.59. The minimum Gasteiger partial charge on any atom is -0.493 e. The molecule has 0 heterocycles. The quantitative estimate of drug-likeness (QED) is 0.579. The maximum atomic E-state index is 13.2. The summed E-state index contributed by atoms with van der Waals surface area (Å²) in [6.07, 6.45) is 8.55. The Hall–Kier alpha value is -2.04. The Balaban J connectivity index is 1.46. The van der Waals surface area contributed by atoms with Gasteiger partial charge in [0.1, 0.15) is 0 Å². The fraction of sp³-hybridized carbons (Fsp3) is 0.652. The number of carbonyl (C=O) groups excluding carboxylic acids is 1. The number of benzene rings is 1. The summed E-state index contributed by atoms with van der Waals surface area (Å²) in [6, 6.07) is 5.65. The second kappa shape index (κ2) is 6.78. The third-order valence-corrected chi connectivity index (χ3v) is 6.98. The van der Waals surface area contributed by atoms with E-state index in [0.29, 0.717) is 34.9 Å². The highest BCUT2D eigenvalue weighted by atomic mass is 16.5. The van der Waals surface area contributed by atoms with Crippen LogP contribution in [0.15, 0.2) is 23.3 Å². The van der Waals surface area contributed by atoms with Crippen LogP contribution in [-0.4, -0.2) is 25.8 Å². The second-order valence-electron chi connectivity index (χ2n) is 9.95. The summed E-state index contributed by atoms with van der Waals surface area (Å²) in [4.78, 5) is 13.2. The van der Waals surface area contributed by atoms with Crippen LogP contribution in [0, 0.1) is 22.2 Å². The maximum absolute atomic E-state index is 13.2. The van der Waals surface area contributed by atoms with Crippen LogP contribution < -0.4 is 14.9 Å². The van der Waals surface area contributed by atoms with Crippen LogP contribution in [0.1, 0.15) is 64.9 Å². The number of hydrogen-bond donors (Lipinski definition) is 1. The van der Waals surface area contributed by atoms with E-state index in [1.165, 1.54) is 19.3 Å². The SMILES string of the molecule is CCOc1ccc(/C=N/NC(=O)C23CC4CC(C)(CC(C)(C4)C2)C3)cc1OC. The topological polar surface area (TPSA) is 59.9 Å². The smallest absolute Gasteiger partial charge is 0.246 e. The first-order chi connectivity index (χ1) is 13.3. The summed E-state index contributed by atoms with van der Waals surface area (Å²) in [7, 11) is 1.62. The largest absolute Gasteiger partial charge is 0.493 e. The van der Waals surface area contributed by atoms with E-state index >= 15 is 0 Å². The molecule has 1 N–H and O–H groups in total. The van der Waals surface area contributed by atoms with E-state index in [2.05, 4.69) is 24.4 Å². The van der Waals surface area contributed by atoms with Gasteiger partial charge in [-0.2, -0.15) is 5.10 Å². The van der Waals surface area contributed by atoms with Crippen LogP contribution >= 0.6 is 0 Å². The molecule has 0 aromatic heterocycles. The van der Waals surface area contributed by atoms with Gasteiger partial charge in [0.05, 0.1) is 25.3 Å². The van der Waals surface area contributed by atoms with Crippen molar-refractivity contribution in [1.82, 2.24) is 5.43 Å². The average Bonchev–Trinajstić information content (AvgIpc) is 2.60. The third-order valence-electron chi connectivity index (χ3n) is 6.98. The summed E-state index contributed by atoms with van der Waals surface area (Å²) >= 11 is 0. The van der Waals surface area contributed by atoms with Gasteiger partial charge in [0.2, 0.25) is 5.91 Å². The Kier molecular flexibility index (Phi) is 4.67. The molecule has 0 radical (unpaired) electrons. The number of methoxy groups -OCH3 is 1. The fourth-order valence-electron chi connectivity index (χ4n) is 7.02. The van der Waals surface area contributed by atoms with Crippen LogP contribution in [0.4, 0.5) is 0 Å².